The van der Waals surface area contributed by atoms with Gasteiger partial charge in [-0.25, -0.2) is 0 Å². The molecule has 0 aromatic heterocycles. The second-order valence-corrected chi connectivity index (χ2v) is 6.20. The molecule has 0 saturated heterocycles. The van der Waals surface area contributed by atoms with Gasteiger partial charge in [-0.2, -0.15) is 0 Å². The molecule has 1 fully saturated rings. The van der Waals surface area contributed by atoms with Gasteiger partial charge in [-0.05, 0) is 54.2 Å². The van der Waals surface area contributed by atoms with Crippen LogP contribution in [-0.2, 0) is 0 Å². The average Bonchev–Trinajstić information content (AvgIpc) is 2.36. The third kappa shape index (κ3) is 3.50. The molecule has 2 nitrogen and oxygen atoms in total. The maximum atomic E-state index is 8.76. The minimum Gasteiger partial charge on any atom is -0.491 e. The Morgan fingerprint density at radius 3 is 2.16 bits per heavy atom. The largest absolute Gasteiger partial charge is 0.491 e. The summed E-state index contributed by atoms with van der Waals surface area (Å²) in [5.74, 6) is 3.88. The van der Waals surface area contributed by atoms with Crippen LogP contribution in [0.15, 0.2) is 24.3 Å². The molecule has 2 atom stereocenters. The summed E-state index contributed by atoms with van der Waals surface area (Å²) in [7, 11) is 0. The zero-order valence-corrected chi connectivity index (χ0v) is 12.3. The number of rotatable bonds is 4. The molecule has 0 aliphatic heterocycles. The lowest BCUT2D eigenvalue weighted by Crippen LogP contribution is -2.27. The van der Waals surface area contributed by atoms with Crippen LogP contribution in [0.3, 0.4) is 0 Å². The smallest absolute Gasteiger partial charge is 0.119 e. The molecule has 0 heterocycles. The number of aliphatic hydroxyl groups excluding tert-OH is 1. The highest BCUT2D eigenvalue weighted by Gasteiger charge is 2.32. The molecule has 0 amide bonds. The van der Waals surface area contributed by atoms with Crippen molar-refractivity contribution in [1.82, 2.24) is 0 Å². The van der Waals surface area contributed by atoms with Gasteiger partial charge in [0.05, 0.1) is 6.61 Å². The molecule has 19 heavy (non-hydrogen) atoms. The van der Waals surface area contributed by atoms with Gasteiger partial charge >= 0.3 is 0 Å². The lowest BCUT2D eigenvalue weighted by molar-refractivity contribution is 0.192. The third-order valence-corrected chi connectivity index (χ3v) is 4.40. The predicted octanol–water partition coefficient (Wildman–Crippen LogP) is 3.84. The molecule has 2 heteroatoms. The summed E-state index contributed by atoms with van der Waals surface area (Å²) in [5, 5.41) is 8.76. The lowest BCUT2D eigenvalue weighted by atomic mass is 9.67. The van der Waals surface area contributed by atoms with Crippen molar-refractivity contribution in [2.45, 2.75) is 39.5 Å². The van der Waals surface area contributed by atoms with Gasteiger partial charge in [0.25, 0.3) is 0 Å². The van der Waals surface area contributed by atoms with Gasteiger partial charge in [0, 0.05) is 0 Å². The van der Waals surface area contributed by atoms with Crippen molar-refractivity contribution in [2.75, 3.05) is 13.2 Å². The molecule has 1 aliphatic rings. The van der Waals surface area contributed by atoms with Crippen molar-refractivity contribution in [2.24, 2.45) is 17.8 Å². The van der Waals surface area contributed by atoms with Crippen LogP contribution in [0.1, 0.15) is 45.1 Å². The van der Waals surface area contributed by atoms with Crippen LogP contribution in [0.5, 0.6) is 5.75 Å². The van der Waals surface area contributed by atoms with Gasteiger partial charge in [0.2, 0.25) is 0 Å². The Morgan fingerprint density at radius 1 is 1.05 bits per heavy atom. The molecule has 2 rings (SSSR count). The first-order valence-corrected chi connectivity index (χ1v) is 7.45. The zero-order valence-electron chi connectivity index (χ0n) is 12.3. The van der Waals surface area contributed by atoms with Crippen molar-refractivity contribution < 1.29 is 9.84 Å². The van der Waals surface area contributed by atoms with E-state index in [1.54, 1.807) is 0 Å². The molecular weight excluding hydrogens is 236 g/mol. The highest BCUT2D eigenvalue weighted by Crippen LogP contribution is 2.44. The van der Waals surface area contributed by atoms with Crippen LogP contribution in [0.25, 0.3) is 0 Å². The molecule has 0 bridgehead atoms. The van der Waals surface area contributed by atoms with Gasteiger partial charge in [0.1, 0.15) is 12.4 Å². The molecule has 1 aliphatic carbocycles. The monoisotopic (exact) mass is 262 g/mol. The standard InChI is InChI=1S/C17H26O2/c1-12-10-13(2)17(14(3)11-12)15-4-6-16(7-5-15)19-9-8-18/h4-7,12-14,17-18H,8-11H2,1-3H3. The fourth-order valence-corrected chi connectivity index (χ4v) is 3.83. The Balaban J connectivity index is 2.08. The molecule has 1 aromatic carbocycles. The van der Waals surface area contributed by atoms with E-state index in [2.05, 4.69) is 32.9 Å². The second kappa shape index (κ2) is 6.42. The summed E-state index contributed by atoms with van der Waals surface area (Å²) in [6.07, 6.45) is 2.66. The van der Waals surface area contributed by atoms with Crippen molar-refractivity contribution in [3.63, 3.8) is 0 Å². The molecule has 1 saturated carbocycles. The Morgan fingerprint density at radius 2 is 1.63 bits per heavy atom. The number of hydrogen-bond donors (Lipinski definition) is 1. The van der Waals surface area contributed by atoms with Crippen LogP contribution < -0.4 is 4.74 Å². The minimum absolute atomic E-state index is 0.0658. The predicted molar refractivity (Wildman–Crippen MR) is 78.5 cm³/mol. The van der Waals surface area contributed by atoms with E-state index in [9.17, 15) is 0 Å². The van der Waals surface area contributed by atoms with Crippen LogP contribution >= 0.6 is 0 Å². The summed E-state index contributed by atoms with van der Waals surface area (Å²) >= 11 is 0. The second-order valence-electron chi connectivity index (χ2n) is 6.20. The lowest BCUT2D eigenvalue weighted by Gasteiger charge is -2.38. The van der Waals surface area contributed by atoms with Crippen LogP contribution in [0.2, 0.25) is 0 Å². The number of aliphatic hydroxyl groups is 1. The third-order valence-electron chi connectivity index (χ3n) is 4.40. The average molecular weight is 262 g/mol. The van der Waals surface area contributed by atoms with Gasteiger partial charge in [-0.3, -0.25) is 0 Å². The van der Waals surface area contributed by atoms with Crippen LogP contribution in [0, 0.1) is 17.8 Å². The Labute approximate surface area is 116 Å². The van der Waals surface area contributed by atoms with E-state index in [1.807, 2.05) is 12.1 Å². The fraction of sp³-hybridized carbons (Fsp3) is 0.647. The highest BCUT2D eigenvalue weighted by atomic mass is 16.5. The van der Waals surface area contributed by atoms with Crippen LogP contribution in [-0.4, -0.2) is 18.3 Å². The van der Waals surface area contributed by atoms with E-state index in [1.165, 1.54) is 18.4 Å². The van der Waals surface area contributed by atoms with E-state index in [-0.39, 0.29) is 6.61 Å². The fourth-order valence-electron chi connectivity index (χ4n) is 3.83. The summed E-state index contributed by atoms with van der Waals surface area (Å²) in [6, 6.07) is 8.45. The van der Waals surface area contributed by atoms with Crippen molar-refractivity contribution >= 4 is 0 Å². The number of benzene rings is 1. The van der Waals surface area contributed by atoms with Gasteiger partial charge in [0.15, 0.2) is 0 Å². The zero-order chi connectivity index (χ0) is 13.8. The molecule has 106 valence electrons. The van der Waals surface area contributed by atoms with Crippen LogP contribution in [0.4, 0.5) is 0 Å². The van der Waals surface area contributed by atoms with E-state index in [4.69, 9.17) is 9.84 Å². The molecule has 1 aromatic rings. The summed E-state index contributed by atoms with van der Waals surface area (Å²) < 4.78 is 5.42. The molecule has 0 spiro atoms. The molecule has 0 radical (unpaired) electrons. The molecule has 2 unspecified atom stereocenters. The van der Waals surface area contributed by atoms with Gasteiger partial charge < -0.3 is 9.84 Å². The summed E-state index contributed by atoms with van der Waals surface area (Å²) in [5.41, 5.74) is 1.43. The first-order valence-electron chi connectivity index (χ1n) is 7.45. The first-order chi connectivity index (χ1) is 9.11. The first kappa shape index (κ1) is 14.4. The SMILES string of the molecule is CC1CC(C)C(c2ccc(OCCO)cc2)C(C)C1. The Kier molecular flexibility index (Phi) is 4.87. The Hall–Kier alpha value is -1.02. The minimum atomic E-state index is 0.0658. The summed E-state index contributed by atoms with van der Waals surface area (Å²) in [4.78, 5) is 0. The normalized spacial score (nSPS) is 31.2. The van der Waals surface area contributed by atoms with Crippen molar-refractivity contribution in [1.29, 1.82) is 0 Å². The maximum absolute atomic E-state index is 8.76. The number of ether oxygens (including phenoxy) is 1. The van der Waals surface area contributed by atoms with Crippen molar-refractivity contribution in [3.05, 3.63) is 29.8 Å². The van der Waals surface area contributed by atoms with E-state index in [0.29, 0.717) is 12.5 Å². The van der Waals surface area contributed by atoms with E-state index in [0.717, 1.165) is 23.5 Å². The van der Waals surface area contributed by atoms with E-state index >= 15 is 0 Å². The summed E-state index contributed by atoms with van der Waals surface area (Å²) in [6.45, 7) is 7.57. The van der Waals surface area contributed by atoms with Gasteiger partial charge in [-0.15, -0.1) is 0 Å². The van der Waals surface area contributed by atoms with E-state index < -0.39 is 0 Å². The highest BCUT2D eigenvalue weighted by molar-refractivity contribution is 5.30. The van der Waals surface area contributed by atoms with Gasteiger partial charge in [-0.1, -0.05) is 32.9 Å². The molecule has 1 N–H and O–H groups in total. The van der Waals surface area contributed by atoms with Crippen molar-refractivity contribution in [3.8, 4) is 5.75 Å². The Bertz CT molecular complexity index is 373. The number of hydrogen-bond acceptors (Lipinski definition) is 2. The topological polar surface area (TPSA) is 29.5 Å². The quantitative estimate of drug-likeness (QED) is 0.893. The maximum Gasteiger partial charge on any atom is 0.119 e. The molecular formula is C17H26O2.